The molecule has 19 heavy (non-hydrogen) atoms. The first-order valence-electron chi connectivity index (χ1n) is 5.54. The van der Waals surface area contributed by atoms with Crippen LogP contribution in [0.1, 0.15) is 26.4 Å². The Morgan fingerprint density at radius 1 is 1.21 bits per heavy atom. The van der Waals surface area contributed by atoms with E-state index in [0.29, 0.717) is 5.75 Å². The zero-order valence-corrected chi connectivity index (χ0v) is 10.2. The molecule has 0 atom stereocenters. The number of aromatic carboxylic acids is 1. The summed E-state index contributed by atoms with van der Waals surface area (Å²) in [5, 5.41) is 8.70. The average molecular weight is 257 g/mol. The maximum absolute atomic E-state index is 11.8. The molecule has 0 aliphatic rings. The monoisotopic (exact) mass is 257 g/mol. The lowest BCUT2D eigenvalue weighted by Gasteiger charge is -2.04. The predicted molar refractivity (Wildman–Crippen MR) is 67.3 cm³/mol. The number of nitrogens with zero attached hydrogens (tertiary/aromatic N) is 1. The number of carboxylic acid groups (broad SMARTS) is 1. The Balaban J connectivity index is 2.14. The third kappa shape index (κ3) is 3.16. The van der Waals surface area contributed by atoms with Crippen LogP contribution in [-0.4, -0.2) is 22.0 Å². The molecule has 0 spiro atoms. The summed E-state index contributed by atoms with van der Waals surface area (Å²) in [6.07, 6.45) is 1.18. The van der Waals surface area contributed by atoms with Gasteiger partial charge in [0, 0.05) is 6.20 Å². The highest BCUT2D eigenvalue weighted by molar-refractivity contribution is 5.92. The number of carbonyl (C=O) groups excluding carboxylic acids is 1. The number of benzene rings is 1. The molecule has 2 aromatic rings. The van der Waals surface area contributed by atoms with Gasteiger partial charge in [0.2, 0.25) is 0 Å². The molecule has 0 aliphatic heterocycles. The Morgan fingerprint density at radius 2 is 2.00 bits per heavy atom. The zero-order chi connectivity index (χ0) is 13.8. The number of hydrogen-bond acceptors (Lipinski definition) is 4. The molecular formula is C14H11NO4. The second-order valence-corrected chi connectivity index (χ2v) is 3.94. The molecule has 96 valence electrons. The van der Waals surface area contributed by atoms with Gasteiger partial charge in [-0.1, -0.05) is 12.1 Å². The second kappa shape index (κ2) is 5.30. The van der Waals surface area contributed by atoms with Crippen LogP contribution in [0.2, 0.25) is 0 Å². The minimum Gasteiger partial charge on any atom is -0.477 e. The van der Waals surface area contributed by atoms with Crippen molar-refractivity contribution in [3.05, 3.63) is 59.4 Å². The van der Waals surface area contributed by atoms with Gasteiger partial charge in [-0.05, 0) is 36.8 Å². The molecule has 1 aromatic carbocycles. The summed E-state index contributed by atoms with van der Waals surface area (Å²) in [5.74, 6) is -1.28. The summed E-state index contributed by atoms with van der Waals surface area (Å²) in [6, 6.07) is 9.70. The number of hydrogen-bond donors (Lipinski definition) is 1. The lowest BCUT2D eigenvalue weighted by molar-refractivity contribution is 0.0685. The third-order valence-corrected chi connectivity index (χ3v) is 2.42. The van der Waals surface area contributed by atoms with E-state index in [1.165, 1.54) is 18.3 Å². The highest BCUT2D eigenvalue weighted by Gasteiger charge is 2.11. The van der Waals surface area contributed by atoms with Gasteiger partial charge in [0.15, 0.2) is 0 Å². The zero-order valence-electron chi connectivity index (χ0n) is 10.2. The minimum atomic E-state index is -1.14. The van der Waals surface area contributed by atoms with Crippen LogP contribution in [0.5, 0.6) is 5.75 Å². The summed E-state index contributed by atoms with van der Waals surface area (Å²) in [7, 11) is 0. The van der Waals surface area contributed by atoms with E-state index in [4.69, 9.17) is 9.84 Å². The van der Waals surface area contributed by atoms with E-state index in [9.17, 15) is 9.59 Å². The standard InChI is InChI=1S/C14H11NO4/c1-9-3-2-4-11(7-9)19-14(18)10-5-6-12(13(16)17)15-8-10/h2-8H,1H3,(H,16,17). The Hall–Kier alpha value is -2.69. The topological polar surface area (TPSA) is 76.5 Å². The number of rotatable bonds is 3. The highest BCUT2D eigenvalue weighted by atomic mass is 16.5. The molecular weight excluding hydrogens is 246 g/mol. The number of esters is 1. The van der Waals surface area contributed by atoms with Gasteiger partial charge in [-0.3, -0.25) is 0 Å². The quantitative estimate of drug-likeness (QED) is 0.674. The lowest BCUT2D eigenvalue weighted by Crippen LogP contribution is -2.10. The molecule has 1 N–H and O–H groups in total. The van der Waals surface area contributed by atoms with Gasteiger partial charge in [-0.25, -0.2) is 14.6 Å². The van der Waals surface area contributed by atoms with Crippen LogP contribution in [0.4, 0.5) is 0 Å². The molecule has 0 fully saturated rings. The Bertz CT molecular complexity index is 620. The first-order valence-corrected chi connectivity index (χ1v) is 5.54. The molecule has 2 rings (SSSR count). The summed E-state index contributed by atoms with van der Waals surface area (Å²) in [5.41, 5.74) is 1.06. The van der Waals surface area contributed by atoms with Crippen molar-refractivity contribution in [1.82, 2.24) is 4.98 Å². The molecule has 0 bridgehead atoms. The number of aryl methyl sites for hydroxylation is 1. The van der Waals surface area contributed by atoms with Crippen molar-refractivity contribution in [2.45, 2.75) is 6.92 Å². The van der Waals surface area contributed by atoms with Crippen molar-refractivity contribution in [3.63, 3.8) is 0 Å². The Labute approximate surface area is 109 Å². The van der Waals surface area contributed by atoms with Crippen LogP contribution in [0.25, 0.3) is 0 Å². The fourth-order valence-electron chi connectivity index (χ4n) is 1.49. The van der Waals surface area contributed by atoms with E-state index in [1.807, 2.05) is 13.0 Å². The molecule has 0 aliphatic carbocycles. The van der Waals surface area contributed by atoms with Crippen LogP contribution >= 0.6 is 0 Å². The van der Waals surface area contributed by atoms with Crippen LogP contribution in [0.15, 0.2) is 42.6 Å². The van der Waals surface area contributed by atoms with Gasteiger partial charge >= 0.3 is 11.9 Å². The Morgan fingerprint density at radius 3 is 2.58 bits per heavy atom. The molecule has 0 amide bonds. The van der Waals surface area contributed by atoms with Gasteiger partial charge < -0.3 is 9.84 Å². The molecule has 0 saturated carbocycles. The predicted octanol–water partition coefficient (Wildman–Crippen LogP) is 2.31. The number of carboxylic acids is 1. The molecule has 0 saturated heterocycles. The molecule has 1 heterocycles. The van der Waals surface area contributed by atoms with Crippen molar-refractivity contribution in [3.8, 4) is 5.75 Å². The summed E-state index contributed by atoms with van der Waals surface area (Å²) in [4.78, 5) is 26.1. The van der Waals surface area contributed by atoms with Crippen molar-refractivity contribution in [2.24, 2.45) is 0 Å². The number of aromatic nitrogens is 1. The summed E-state index contributed by atoms with van der Waals surface area (Å²) < 4.78 is 5.16. The summed E-state index contributed by atoms with van der Waals surface area (Å²) in [6.45, 7) is 1.89. The van der Waals surface area contributed by atoms with Crippen LogP contribution in [0.3, 0.4) is 0 Å². The highest BCUT2D eigenvalue weighted by Crippen LogP contribution is 2.14. The first kappa shape index (κ1) is 12.8. The molecule has 0 radical (unpaired) electrons. The van der Waals surface area contributed by atoms with Gasteiger partial charge in [-0.2, -0.15) is 0 Å². The van der Waals surface area contributed by atoms with Crippen molar-refractivity contribution in [2.75, 3.05) is 0 Å². The molecule has 5 nitrogen and oxygen atoms in total. The molecule has 5 heteroatoms. The molecule has 1 aromatic heterocycles. The number of pyridine rings is 1. The fraction of sp³-hybridized carbons (Fsp3) is 0.0714. The number of ether oxygens (including phenoxy) is 1. The van der Waals surface area contributed by atoms with Gasteiger partial charge in [0.05, 0.1) is 5.56 Å². The van der Waals surface area contributed by atoms with E-state index >= 15 is 0 Å². The molecule has 0 unspecified atom stereocenters. The number of carbonyl (C=O) groups is 2. The van der Waals surface area contributed by atoms with Crippen LogP contribution < -0.4 is 4.74 Å². The van der Waals surface area contributed by atoms with E-state index in [0.717, 1.165) is 5.56 Å². The van der Waals surface area contributed by atoms with Gasteiger partial charge in [0.1, 0.15) is 11.4 Å². The second-order valence-electron chi connectivity index (χ2n) is 3.94. The largest absolute Gasteiger partial charge is 0.477 e. The van der Waals surface area contributed by atoms with Gasteiger partial charge in [-0.15, -0.1) is 0 Å². The van der Waals surface area contributed by atoms with E-state index < -0.39 is 11.9 Å². The average Bonchev–Trinajstić information content (AvgIpc) is 2.39. The normalized spacial score (nSPS) is 9.95. The van der Waals surface area contributed by atoms with Crippen molar-refractivity contribution in [1.29, 1.82) is 0 Å². The van der Waals surface area contributed by atoms with E-state index in [-0.39, 0.29) is 11.3 Å². The van der Waals surface area contributed by atoms with Crippen molar-refractivity contribution >= 4 is 11.9 Å². The van der Waals surface area contributed by atoms with Gasteiger partial charge in [0.25, 0.3) is 0 Å². The van der Waals surface area contributed by atoms with Crippen LogP contribution in [0, 0.1) is 6.92 Å². The fourth-order valence-corrected chi connectivity index (χ4v) is 1.49. The SMILES string of the molecule is Cc1cccc(OC(=O)c2ccc(C(=O)O)nc2)c1. The van der Waals surface area contributed by atoms with E-state index in [1.54, 1.807) is 18.2 Å². The lowest BCUT2D eigenvalue weighted by atomic mass is 10.2. The summed E-state index contributed by atoms with van der Waals surface area (Å²) >= 11 is 0. The smallest absolute Gasteiger partial charge is 0.354 e. The van der Waals surface area contributed by atoms with Crippen molar-refractivity contribution < 1.29 is 19.4 Å². The minimum absolute atomic E-state index is 0.118. The maximum atomic E-state index is 11.8. The first-order chi connectivity index (χ1) is 9.06. The van der Waals surface area contributed by atoms with E-state index in [2.05, 4.69) is 4.98 Å². The van der Waals surface area contributed by atoms with Crippen LogP contribution in [-0.2, 0) is 0 Å². The maximum Gasteiger partial charge on any atom is 0.354 e. The third-order valence-electron chi connectivity index (χ3n) is 2.42. The Kier molecular flexibility index (Phi) is 3.56.